The number of para-hydroxylation sites is 1. The summed E-state index contributed by atoms with van der Waals surface area (Å²) in [5.41, 5.74) is 2.33. The van der Waals surface area contributed by atoms with Crippen LogP contribution in [0.15, 0.2) is 47.2 Å². The summed E-state index contributed by atoms with van der Waals surface area (Å²) < 4.78 is 0. The molecule has 0 aliphatic carbocycles. The number of likely N-dealkylation sites (tertiary alicyclic amines) is 1. The molecule has 0 N–H and O–H groups in total. The second-order valence-corrected chi connectivity index (χ2v) is 5.90. The first kappa shape index (κ1) is 13.9. The lowest BCUT2D eigenvalue weighted by Gasteiger charge is -2.29. The van der Waals surface area contributed by atoms with Crippen LogP contribution in [0.2, 0.25) is 0 Å². The van der Waals surface area contributed by atoms with Crippen LogP contribution in [-0.4, -0.2) is 29.6 Å². The molecular weight excluding hydrogens is 262 g/mol. The highest BCUT2D eigenvalue weighted by Gasteiger charge is 2.29. The van der Waals surface area contributed by atoms with Gasteiger partial charge in [-0.2, -0.15) is 10.1 Å². The maximum Gasteiger partial charge on any atom is 0.282 e. The first-order chi connectivity index (χ1) is 10.1. The third-order valence-electron chi connectivity index (χ3n) is 4.19. The number of rotatable bonds is 2. The van der Waals surface area contributed by atoms with E-state index in [1.165, 1.54) is 17.9 Å². The third kappa shape index (κ3) is 2.84. The lowest BCUT2D eigenvalue weighted by Crippen LogP contribution is -2.30. The van der Waals surface area contributed by atoms with Crippen LogP contribution in [-0.2, 0) is 4.79 Å². The number of benzene rings is 1. The number of amides is 1. The first-order valence-electron chi connectivity index (χ1n) is 7.56. The molecule has 4 nitrogen and oxygen atoms in total. The zero-order valence-corrected chi connectivity index (χ0v) is 12.6. The molecule has 1 aromatic rings. The molecule has 1 amide bonds. The Kier molecular flexibility index (Phi) is 3.78. The van der Waals surface area contributed by atoms with Crippen LogP contribution in [0.5, 0.6) is 0 Å². The summed E-state index contributed by atoms with van der Waals surface area (Å²) in [6, 6.07) is 9.58. The van der Waals surface area contributed by atoms with E-state index in [-0.39, 0.29) is 5.91 Å². The molecule has 21 heavy (non-hydrogen) atoms. The van der Waals surface area contributed by atoms with E-state index in [4.69, 9.17) is 0 Å². The minimum absolute atomic E-state index is 0.0303. The van der Waals surface area contributed by atoms with Crippen LogP contribution in [0.25, 0.3) is 0 Å². The Labute approximate surface area is 125 Å². The molecule has 3 rings (SSSR count). The van der Waals surface area contributed by atoms with Crippen LogP contribution in [0.3, 0.4) is 0 Å². The minimum atomic E-state index is -0.0303. The second-order valence-electron chi connectivity index (χ2n) is 5.90. The van der Waals surface area contributed by atoms with Crippen molar-refractivity contribution in [2.24, 2.45) is 11.0 Å². The maximum atomic E-state index is 12.6. The van der Waals surface area contributed by atoms with E-state index in [9.17, 15) is 4.79 Å². The Hall–Kier alpha value is -2.10. The van der Waals surface area contributed by atoms with Gasteiger partial charge < -0.3 is 4.90 Å². The SMILES string of the molecule is CC1=NN(c2ccccc2)C(=O)/C1=C\N1CCC(C)CC1. The minimum Gasteiger partial charge on any atom is -0.377 e. The zero-order valence-electron chi connectivity index (χ0n) is 12.6. The quantitative estimate of drug-likeness (QED) is 0.782. The molecule has 2 heterocycles. The molecule has 0 bridgehead atoms. The zero-order chi connectivity index (χ0) is 14.8. The van der Waals surface area contributed by atoms with Crippen molar-refractivity contribution in [3.05, 3.63) is 42.1 Å². The molecule has 0 atom stereocenters. The smallest absolute Gasteiger partial charge is 0.282 e. The molecule has 110 valence electrons. The fourth-order valence-electron chi connectivity index (χ4n) is 2.75. The summed E-state index contributed by atoms with van der Waals surface area (Å²) in [6.45, 7) is 6.24. The molecule has 1 aromatic carbocycles. The number of anilines is 1. The van der Waals surface area contributed by atoms with Gasteiger partial charge in [-0.05, 0) is 37.8 Å². The number of hydrogen-bond acceptors (Lipinski definition) is 3. The van der Waals surface area contributed by atoms with E-state index in [1.54, 1.807) is 0 Å². The molecule has 2 aliphatic heterocycles. The number of piperidine rings is 1. The van der Waals surface area contributed by atoms with Gasteiger partial charge >= 0.3 is 0 Å². The Bertz CT molecular complexity index is 583. The number of nitrogens with zero attached hydrogens (tertiary/aromatic N) is 3. The molecule has 0 saturated carbocycles. The Balaban J connectivity index is 1.79. The maximum absolute atomic E-state index is 12.6. The van der Waals surface area contributed by atoms with E-state index < -0.39 is 0 Å². The number of carbonyl (C=O) groups excluding carboxylic acids is 1. The standard InChI is InChI=1S/C17H21N3O/c1-13-8-10-19(11-9-13)12-16-14(2)18-20(17(16)21)15-6-4-3-5-7-15/h3-7,12-13H,8-11H2,1-2H3/b16-12-. The summed E-state index contributed by atoms with van der Waals surface area (Å²) in [5.74, 6) is 0.756. The predicted molar refractivity (Wildman–Crippen MR) is 85.1 cm³/mol. The highest BCUT2D eigenvalue weighted by Crippen LogP contribution is 2.24. The number of hydrogen-bond donors (Lipinski definition) is 0. The molecule has 1 fully saturated rings. The normalized spacial score (nSPS) is 22.1. The van der Waals surface area contributed by atoms with Gasteiger partial charge in [0.15, 0.2) is 0 Å². The third-order valence-corrected chi connectivity index (χ3v) is 4.19. The summed E-state index contributed by atoms with van der Waals surface area (Å²) in [7, 11) is 0. The van der Waals surface area contributed by atoms with Crippen molar-refractivity contribution in [3.8, 4) is 0 Å². The summed E-state index contributed by atoms with van der Waals surface area (Å²) in [4.78, 5) is 14.8. The van der Waals surface area contributed by atoms with Gasteiger partial charge in [0.2, 0.25) is 0 Å². The van der Waals surface area contributed by atoms with Crippen molar-refractivity contribution in [2.75, 3.05) is 18.1 Å². The van der Waals surface area contributed by atoms with E-state index in [1.807, 2.05) is 43.5 Å². The van der Waals surface area contributed by atoms with E-state index in [0.717, 1.165) is 30.4 Å². The van der Waals surface area contributed by atoms with Gasteiger partial charge in [-0.1, -0.05) is 25.1 Å². The van der Waals surface area contributed by atoms with Crippen molar-refractivity contribution < 1.29 is 4.79 Å². The molecule has 0 spiro atoms. The van der Waals surface area contributed by atoms with E-state index in [0.29, 0.717) is 5.57 Å². The van der Waals surface area contributed by atoms with Gasteiger partial charge in [0.05, 0.1) is 17.0 Å². The Morgan fingerprint density at radius 2 is 1.86 bits per heavy atom. The van der Waals surface area contributed by atoms with Crippen LogP contribution in [0.1, 0.15) is 26.7 Å². The van der Waals surface area contributed by atoms with Crippen LogP contribution >= 0.6 is 0 Å². The van der Waals surface area contributed by atoms with E-state index in [2.05, 4.69) is 16.9 Å². The van der Waals surface area contributed by atoms with Gasteiger partial charge in [0.1, 0.15) is 0 Å². The first-order valence-corrected chi connectivity index (χ1v) is 7.56. The average molecular weight is 283 g/mol. The summed E-state index contributed by atoms with van der Waals surface area (Å²) in [5, 5.41) is 5.90. The van der Waals surface area contributed by atoms with Crippen LogP contribution in [0, 0.1) is 5.92 Å². The lowest BCUT2D eigenvalue weighted by atomic mass is 9.99. The average Bonchev–Trinajstić information content (AvgIpc) is 2.78. The summed E-state index contributed by atoms with van der Waals surface area (Å²) >= 11 is 0. The number of carbonyl (C=O) groups is 1. The van der Waals surface area contributed by atoms with Gasteiger partial charge in [-0.25, -0.2) is 0 Å². The van der Waals surface area contributed by atoms with Crippen molar-refractivity contribution in [1.29, 1.82) is 0 Å². The molecule has 1 saturated heterocycles. The Morgan fingerprint density at radius 1 is 1.19 bits per heavy atom. The molecule has 0 unspecified atom stereocenters. The van der Waals surface area contributed by atoms with Crippen molar-refractivity contribution in [1.82, 2.24) is 4.90 Å². The highest BCUT2D eigenvalue weighted by atomic mass is 16.2. The fraction of sp³-hybridized carbons (Fsp3) is 0.412. The van der Waals surface area contributed by atoms with Gasteiger partial charge in [0, 0.05) is 19.3 Å². The molecule has 4 heteroatoms. The summed E-state index contributed by atoms with van der Waals surface area (Å²) in [6.07, 6.45) is 4.38. The monoisotopic (exact) mass is 283 g/mol. The van der Waals surface area contributed by atoms with Gasteiger partial charge in [-0.15, -0.1) is 0 Å². The van der Waals surface area contributed by atoms with Crippen LogP contribution < -0.4 is 5.01 Å². The van der Waals surface area contributed by atoms with Gasteiger partial charge in [-0.3, -0.25) is 4.79 Å². The highest BCUT2D eigenvalue weighted by molar-refractivity contribution is 6.29. The second kappa shape index (κ2) is 5.72. The lowest BCUT2D eigenvalue weighted by molar-refractivity contribution is -0.114. The topological polar surface area (TPSA) is 35.9 Å². The number of hydrazone groups is 1. The predicted octanol–water partition coefficient (Wildman–Crippen LogP) is 3.02. The van der Waals surface area contributed by atoms with Crippen LogP contribution in [0.4, 0.5) is 5.69 Å². The van der Waals surface area contributed by atoms with Gasteiger partial charge in [0.25, 0.3) is 5.91 Å². The molecular formula is C17H21N3O. The van der Waals surface area contributed by atoms with Crippen molar-refractivity contribution in [2.45, 2.75) is 26.7 Å². The Morgan fingerprint density at radius 3 is 2.52 bits per heavy atom. The fourth-order valence-corrected chi connectivity index (χ4v) is 2.75. The van der Waals surface area contributed by atoms with E-state index >= 15 is 0 Å². The largest absolute Gasteiger partial charge is 0.377 e. The molecule has 2 aliphatic rings. The molecule has 0 radical (unpaired) electrons. The molecule has 0 aromatic heterocycles. The van der Waals surface area contributed by atoms with Crippen molar-refractivity contribution >= 4 is 17.3 Å². The van der Waals surface area contributed by atoms with Crippen molar-refractivity contribution in [3.63, 3.8) is 0 Å².